The van der Waals surface area contributed by atoms with Gasteiger partial charge in [-0.05, 0) is 36.7 Å². The third-order valence-corrected chi connectivity index (χ3v) is 3.65. The predicted molar refractivity (Wildman–Crippen MR) is 77.4 cm³/mol. The number of aromatic nitrogens is 2. The standard InChI is InChI=1S/C14H17BrFN3/c1-2-5-17-13(9-14-18-6-7-19-14)11-8-10(16)3-4-12(11)15/h3-4,6-8,13,17H,2,5,9H2,1H3,(H,18,19). The van der Waals surface area contributed by atoms with Crippen LogP contribution in [0, 0.1) is 5.82 Å². The molecule has 0 saturated carbocycles. The van der Waals surface area contributed by atoms with Gasteiger partial charge in [-0.3, -0.25) is 0 Å². The van der Waals surface area contributed by atoms with Crippen molar-refractivity contribution < 1.29 is 4.39 Å². The van der Waals surface area contributed by atoms with Crippen LogP contribution in [0.15, 0.2) is 35.1 Å². The lowest BCUT2D eigenvalue weighted by Gasteiger charge is -2.19. The van der Waals surface area contributed by atoms with Gasteiger partial charge >= 0.3 is 0 Å². The highest BCUT2D eigenvalue weighted by Crippen LogP contribution is 2.26. The van der Waals surface area contributed by atoms with Crippen LogP contribution in [0.1, 0.15) is 30.8 Å². The zero-order valence-electron chi connectivity index (χ0n) is 10.8. The summed E-state index contributed by atoms with van der Waals surface area (Å²) in [7, 11) is 0. The lowest BCUT2D eigenvalue weighted by molar-refractivity contribution is 0.514. The molecule has 5 heteroatoms. The maximum atomic E-state index is 13.4. The topological polar surface area (TPSA) is 40.7 Å². The first-order chi connectivity index (χ1) is 9.20. The van der Waals surface area contributed by atoms with E-state index in [0.29, 0.717) is 6.42 Å². The van der Waals surface area contributed by atoms with Crippen molar-refractivity contribution in [2.45, 2.75) is 25.8 Å². The minimum Gasteiger partial charge on any atom is -0.349 e. The van der Waals surface area contributed by atoms with Gasteiger partial charge in [-0.1, -0.05) is 22.9 Å². The van der Waals surface area contributed by atoms with E-state index in [1.165, 1.54) is 6.07 Å². The van der Waals surface area contributed by atoms with Gasteiger partial charge < -0.3 is 10.3 Å². The van der Waals surface area contributed by atoms with Crippen molar-refractivity contribution in [2.75, 3.05) is 6.54 Å². The first-order valence-electron chi connectivity index (χ1n) is 6.37. The Balaban J connectivity index is 2.23. The van der Waals surface area contributed by atoms with Gasteiger partial charge in [0.1, 0.15) is 11.6 Å². The minimum absolute atomic E-state index is 0.0381. The summed E-state index contributed by atoms with van der Waals surface area (Å²) in [6, 6.07) is 4.81. The van der Waals surface area contributed by atoms with E-state index in [-0.39, 0.29) is 11.9 Å². The van der Waals surface area contributed by atoms with Crippen molar-refractivity contribution in [3.63, 3.8) is 0 Å². The maximum absolute atomic E-state index is 13.4. The van der Waals surface area contributed by atoms with E-state index < -0.39 is 0 Å². The molecule has 1 unspecified atom stereocenters. The normalized spacial score (nSPS) is 12.6. The highest BCUT2D eigenvalue weighted by atomic mass is 79.9. The van der Waals surface area contributed by atoms with Crippen LogP contribution >= 0.6 is 15.9 Å². The fourth-order valence-corrected chi connectivity index (χ4v) is 2.52. The van der Waals surface area contributed by atoms with Crippen LogP contribution in [0.5, 0.6) is 0 Å². The van der Waals surface area contributed by atoms with Gasteiger partial charge in [-0.15, -0.1) is 0 Å². The van der Waals surface area contributed by atoms with E-state index >= 15 is 0 Å². The highest BCUT2D eigenvalue weighted by Gasteiger charge is 2.16. The largest absolute Gasteiger partial charge is 0.349 e. The van der Waals surface area contributed by atoms with Gasteiger partial charge in [0.2, 0.25) is 0 Å². The number of hydrogen-bond acceptors (Lipinski definition) is 2. The highest BCUT2D eigenvalue weighted by molar-refractivity contribution is 9.10. The second-order valence-corrected chi connectivity index (χ2v) is 5.27. The van der Waals surface area contributed by atoms with E-state index in [2.05, 4.69) is 38.1 Å². The number of rotatable bonds is 6. The minimum atomic E-state index is -0.221. The molecule has 1 heterocycles. The molecule has 0 aliphatic heterocycles. The second kappa shape index (κ2) is 6.82. The third kappa shape index (κ3) is 3.88. The van der Waals surface area contributed by atoms with E-state index in [4.69, 9.17) is 0 Å². The third-order valence-electron chi connectivity index (χ3n) is 2.93. The number of hydrogen-bond donors (Lipinski definition) is 2. The summed E-state index contributed by atoms with van der Waals surface area (Å²) < 4.78 is 14.3. The number of halogens is 2. The predicted octanol–water partition coefficient (Wildman–Crippen LogP) is 3.59. The molecule has 0 spiro atoms. The molecule has 1 aromatic heterocycles. The Morgan fingerprint density at radius 1 is 1.47 bits per heavy atom. The summed E-state index contributed by atoms with van der Waals surface area (Å²) in [5.74, 6) is 0.672. The monoisotopic (exact) mass is 325 g/mol. The quantitative estimate of drug-likeness (QED) is 0.852. The molecule has 0 aliphatic rings. The molecular formula is C14H17BrFN3. The smallest absolute Gasteiger partial charge is 0.123 e. The number of nitrogens with zero attached hydrogens (tertiary/aromatic N) is 1. The molecule has 0 saturated heterocycles. The second-order valence-electron chi connectivity index (χ2n) is 4.41. The summed E-state index contributed by atoms with van der Waals surface area (Å²) >= 11 is 3.49. The van der Waals surface area contributed by atoms with Crippen LogP contribution in [0.25, 0.3) is 0 Å². The lowest BCUT2D eigenvalue weighted by Crippen LogP contribution is -2.25. The van der Waals surface area contributed by atoms with Crippen molar-refractivity contribution in [3.8, 4) is 0 Å². The molecule has 19 heavy (non-hydrogen) atoms. The average molecular weight is 326 g/mol. The van der Waals surface area contributed by atoms with Gasteiger partial charge in [0.15, 0.2) is 0 Å². The summed E-state index contributed by atoms with van der Waals surface area (Å²) in [5, 5.41) is 3.44. The SMILES string of the molecule is CCCNC(Cc1ncc[nH]1)c1cc(F)ccc1Br. The average Bonchev–Trinajstić information content (AvgIpc) is 2.90. The summed E-state index contributed by atoms with van der Waals surface area (Å²) in [6.45, 7) is 2.99. The van der Waals surface area contributed by atoms with Crippen LogP contribution in [-0.4, -0.2) is 16.5 Å². The van der Waals surface area contributed by atoms with Crippen LogP contribution in [0.2, 0.25) is 0 Å². The molecule has 2 aromatic rings. The van der Waals surface area contributed by atoms with Crippen LogP contribution < -0.4 is 5.32 Å². The summed E-state index contributed by atoms with van der Waals surface area (Å²) in [4.78, 5) is 7.32. The Hall–Kier alpha value is -1.20. The molecule has 0 radical (unpaired) electrons. The number of benzene rings is 1. The van der Waals surface area contributed by atoms with Crippen molar-refractivity contribution in [1.29, 1.82) is 0 Å². The zero-order chi connectivity index (χ0) is 13.7. The Kier molecular flexibility index (Phi) is 5.10. The van der Waals surface area contributed by atoms with Crippen LogP contribution in [-0.2, 0) is 6.42 Å². The van der Waals surface area contributed by atoms with Gasteiger partial charge in [-0.2, -0.15) is 0 Å². The fourth-order valence-electron chi connectivity index (χ4n) is 2.00. The fraction of sp³-hybridized carbons (Fsp3) is 0.357. The number of imidazole rings is 1. The summed E-state index contributed by atoms with van der Waals surface area (Å²) in [5.41, 5.74) is 0.921. The first kappa shape index (κ1) is 14.2. The van der Waals surface area contributed by atoms with Gasteiger partial charge in [-0.25, -0.2) is 9.37 Å². The molecule has 1 aromatic carbocycles. The molecule has 0 aliphatic carbocycles. The van der Waals surface area contributed by atoms with Crippen LogP contribution in [0.4, 0.5) is 4.39 Å². The number of aromatic amines is 1. The molecule has 0 fully saturated rings. The van der Waals surface area contributed by atoms with E-state index in [9.17, 15) is 4.39 Å². The van der Waals surface area contributed by atoms with Crippen molar-refractivity contribution in [1.82, 2.24) is 15.3 Å². The first-order valence-corrected chi connectivity index (χ1v) is 7.16. The lowest BCUT2D eigenvalue weighted by atomic mass is 10.0. The molecule has 3 nitrogen and oxygen atoms in total. The molecule has 0 amide bonds. The Labute approximate surface area is 120 Å². The van der Waals surface area contributed by atoms with Crippen molar-refractivity contribution in [3.05, 3.63) is 52.3 Å². The molecule has 2 rings (SSSR count). The number of H-pyrrole nitrogens is 1. The van der Waals surface area contributed by atoms with Crippen LogP contribution in [0.3, 0.4) is 0 Å². The Morgan fingerprint density at radius 3 is 3.00 bits per heavy atom. The van der Waals surface area contributed by atoms with Crippen molar-refractivity contribution in [2.24, 2.45) is 0 Å². The van der Waals surface area contributed by atoms with E-state index in [0.717, 1.165) is 28.8 Å². The van der Waals surface area contributed by atoms with Crippen molar-refractivity contribution >= 4 is 15.9 Å². The molecular weight excluding hydrogens is 309 g/mol. The molecule has 1 atom stereocenters. The Morgan fingerprint density at radius 2 is 2.32 bits per heavy atom. The molecule has 0 bridgehead atoms. The van der Waals surface area contributed by atoms with E-state index in [1.54, 1.807) is 24.5 Å². The van der Waals surface area contributed by atoms with E-state index in [1.807, 2.05) is 0 Å². The maximum Gasteiger partial charge on any atom is 0.123 e. The molecule has 2 N–H and O–H groups in total. The summed E-state index contributed by atoms with van der Waals surface area (Å²) in [6.07, 6.45) is 5.26. The zero-order valence-corrected chi connectivity index (χ0v) is 12.4. The van der Waals surface area contributed by atoms with Gasteiger partial charge in [0, 0.05) is 29.3 Å². The van der Waals surface area contributed by atoms with Gasteiger partial charge in [0.25, 0.3) is 0 Å². The number of nitrogens with one attached hydrogen (secondary N) is 2. The Bertz CT molecular complexity index is 513. The van der Waals surface area contributed by atoms with Gasteiger partial charge in [0.05, 0.1) is 0 Å². The molecule has 102 valence electrons.